The Morgan fingerprint density at radius 3 is 2.41 bits per heavy atom. The van der Waals surface area contributed by atoms with Crippen molar-refractivity contribution in [3.8, 4) is 11.1 Å². The molecule has 148 valence electrons. The minimum Gasteiger partial charge on any atom is -0.481 e. The zero-order valence-corrected chi connectivity index (χ0v) is 16.4. The summed E-state index contributed by atoms with van der Waals surface area (Å²) in [6.07, 6.45) is 4.27. The zero-order chi connectivity index (χ0) is 20.1. The van der Waals surface area contributed by atoms with Crippen LogP contribution >= 0.6 is 0 Å². The zero-order valence-electron chi connectivity index (χ0n) is 16.4. The van der Waals surface area contributed by atoms with E-state index in [1.54, 1.807) is 0 Å². The lowest BCUT2D eigenvalue weighted by atomic mass is 9.92. The second-order valence-corrected chi connectivity index (χ2v) is 7.70. The fraction of sp³-hybridized carbons (Fsp3) is 0.280. The quantitative estimate of drug-likeness (QED) is 0.659. The van der Waals surface area contributed by atoms with E-state index >= 15 is 0 Å². The highest BCUT2D eigenvalue weighted by molar-refractivity contribution is 5.70. The van der Waals surface area contributed by atoms with Crippen LogP contribution < -0.4 is 0 Å². The molecular formula is C25H26N2O2. The van der Waals surface area contributed by atoms with Gasteiger partial charge in [0.05, 0.1) is 5.92 Å². The molecule has 0 spiro atoms. The lowest BCUT2D eigenvalue weighted by molar-refractivity contribution is -0.144. The Bertz CT molecular complexity index is 926. The van der Waals surface area contributed by atoms with Gasteiger partial charge in [0.15, 0.2) is 0 Å². The van der Waals surface area contributed by atoms with Gasteiger partial charge >= 0.3 is 5.97 Å². The van der Waals surface area contributed by atoms with Gasteiger partial charge in [-0.15, -0.1) is 0 Å². The highest BCUT2D eigenvalue weighted by Gasteiger charge is 2.30. The first kappa shape index (κ1) is 19.3. The Hall–Kier alpha value is -2.98. The van der Waals surface area contributed by atoms with Gasteiger partial charge in [0.25, 0.3) is 0 Å². The molecule has 2 atom stereocenters. The van der Waals surface area contributed by atoms with Crippen molar-refractivity contribution in [2.24, 2.45) is 5.92 Å². The van der Waals surface area contributed by atoms with Crippen molar-refractivity contribution in [1.29, 1.82) is 0 Å². The number of hydrogen-bond donors (Lipinski definition) is 1. The number of carboxylic acid groups (broad SMARTS) is 1. The minimum atomic E-state index is -0.689. The SMILES string of the molecule is O=C(O)C1CCCN(C(Cc2ccccn2)c2ccc(-c3ccccc3)cc2)C1. The number of benzene rings is 2. The van der Waals surface area contributed by atoms with Crippen LogP contribution in [0.15, 0.2) is 79.0 Å². The third kappa shape index (κ3) is 4.72. The molecule has 0 bridgehead atoms. The van der Waals surface area contributed by atoms with Gasteiger partial charge in [-0.1, -0.05) is 60.7 Å². The van der Waals surface area contributed by atoms with Crippen molar-refractivity contribution >= 4 is 5.97 Å². The van der Waals surface area contributed by atoms with Gasteiger partial charge in [-0.3, -0.25) is 14.7 Å². The second-order valence-electron chi connectivity index (χ2n) is 7.70. The highest BCUT2D eigenvalue weighted by atomic mass is 16.4. The first-order valence-electron chi connectivity index (χ1n) is 10.2. The van der Waals surface area contributed by atoms with Gasteiger partial charge < -0.3 is 5.11 Å². The summed E-state index contributed by atoms with van der Waals surface area (Å²) in [6, 6.07) is 25.1. The summed E-state index contributed by atoms with van der Waals surface area (Å²) >= 11 is 0. The van der Waals surface area contributed by atoms with E-state index in [0.29, 0.717) is 6.54 Å². The van der Waals surface area contributed by atoms with E-state index in [1.165, 1.54) is 16.7 Å². The molecule has 1 fully saturated rings. The molecule has 2 unspecified atom stereocenters. The first-order chi connectivity index (χ1) is 14.2. The predicted octanol–water partition coefficient (Wildman–Crippen LogP) is 4.83. The van der Waals surface area contributed by atoms with E-state index in [0.717, 1.165) is 31.5 Å². The maximum absolute atomic E-state index is 11.6. The van der Waals surface area contributed by atoms with E-state index in [9.17, 15) is 9.90 Å². The summed E-state index contributed by atoms with van der Waals surface area (Å²) in [5.41, 5.74) is 4.63. The summed E-state index contributed by atoms with van der Waals surface area (Å²) in [7, 11) is 0. The third-order valence-corrected chi connectivity index (χ3v) is 5.77. The lowest BCUT2D eigenvalue weighted by Gasteiger charge is -2.37. The Labute approximate surface area is 171 Å². The average molecular weight is 386 g/mol. The molecule has 0 aliphatic carbocycles. The number of carboxylic acids is 1. The van der Waals surface area contributed by atoms with Crippen LogP contribution in [-0.2, 0) is 11.2 Å². The molecule has 1 N–H and O–H groups in total. The fourth-order valence-electron chi connectivity index (χ4n) is 4.19. The first-order valence-corrected chi connectivity index (χ1v) is 10.2. The largest absolute Gasteiger partial charge is 0.481 e. The Morgan fingerprint density at radius 1 is 1.00 bits per heavy atom. The van der Waals surface area contributed by atoms with Crippen LogP contribution in [0.4, 0.5) is 0 Å². The number of likely N-dealkylation sites (tertiary alicyclic amines) is 1. The van der Waals surface area contributed by atoms with Gasteiger partial charge in [-0.2, -0.15) is 0 Å². The van der Waals surface area contributed by atoms with Gasteiger partial charge in [-0.25, -0.2) is 0 Å². The number of piperidine rings is 1. The van der Waals surface area contributed by atoms with Crippen LogP contribution in [-0.4, -0.2) is 34.0 Å². The molecule has 29 heavy (non-hydrogen) atoms. The number of nitrogens with zero attached hydrogens (tertiary/aromatic N) is 2. The fourth-order valence-corrected chi connectivity index (χ4v) is 4.19. The van der Waals surface area contributed by atoms with E-state index < -0.39 is 5.97 Å². The van der Waals surface area contributed by atoms with Gasteiger partial charge in [0, 0.05) is 30.9 Å². The van der Waals surface area contributed by atoms with Crippen LogP contribution in [0.1, 0.15) is 30.1 Å². The predicted molar refractivity (Wildman–Crippen MR) is 114 cm³/mol. The van der Waals surface area contributed by atoms with Crippen LogP contribution in [0.3, 0.4) is 0 Å². The average Bonchev–Trinajstić information content (AvgIpc) is 2.79. The van der Waals surface area contributed by atoms with Crippen LogP contribution in [0.5, 0.6) is 0 Å². The van der Waals surface area contributed by atoms with Crippen LogP contribution in [0, 0.1) is 5.92 Å². The van der Waals surface area contributed by atoms with E-state index in [2.05, 4.69) is 46.3 Å². The molecule has 0 saturated carbocycles. The standard InChI is InChI=1S/C25H26N2O2/c28-25(29)22-9-6-16-27(18-22)24(17-23-10-4-5-15-26-23)21-13-11-20(12-14-21)19-7-2-1-3-8-19/h1-5,7-8,10-15,22,24H,6,9,16-18H2,(H,28,29). The van der Waals surface area contributed by atoms with Crippen LogP contribution in [0.2, 0.25) is 0 Å². The normalized spacial score (nSPS) is 18.3. The smallest absolute Gasteiger partial charge is 0.307 e. The molecular weight excluding hydrogens is 360 g/mol. The Kier molecular flexibility index (Phi) is 6.01. The van der Waals surface area contributed by atoms with Crippen molar-refractivity contribution in [3.63, 3.8) is 0 Å². The number of hydrogen-bond acceptors (Lipinski definition) is 3. The molecule has 2 heterocycles. The van der Waals surface area contributed by atoms with Gasteiger partial charge in [0.1, 0.15) is 0 Å². The summed E-state index contributed by atoms with van der Waals surface area (Å²) in [6.45, 7) is 1.51. The number of rotatable bonds is 6. The third-order valence-electron chi connectivity index (χ3n) is 5.77. The molecule has 1 aromatic heterocycles. The van der Waals surface area contributed by atoms with Crippen molar-refractivity contribution in [2.45, 2.75) is 25.3 Å². The second kappa shape index (κ2) is 9.01. The number of aromatic nitrogens is 1. The maximum atomic E-state index is 11.6. The highest BCUT2D eigenvalue weighted by Crippen LogP contribution is 2.31. The molecule has 2 aromatic carbocycles. The molecule has 0 amide bonds. The molecule has 4 rings (SSSR count). The molecule has 1 saturated heterocycles. The number of pyridine rings is 1. The van der Waals surface area contributed by atoms with Gasteiger partial charge in [0.2, 0.25) is 0 Å². The van der Waals surface area contributed by atoms with E-state index in [1.807, 2.05) is 42.6 Å². The maximum Gasteiger partial charge on any atom is 0.307 e. The van der Waals surface area contributed by atoms with Crippen molar-refractivity contribution in [1.82, 2.24) is 9.88 Å². The van der Waals surface area contributed by atoms with E-state index in [-0.39, 0.29) is 12.0 Å². The monoisotopic (exact) mass is 386 g/mol. The molecule has 4 heteroatoms. The van der Waals surface area contributed by atoms with Crippen LogP contribution in [0.25, 0.3) is 11.1 Å². The molecule has 1 aliphatic heterocycles. The van der Waals surface area contributed by atoms with Crippen molar-refractivity contribution in [3.05, 3.63) is 90.3 Å². The van der Waals surface area contributed by atoms with E-state index in [4.69, 9.17) is 0 Å². The summed E-state index contributed by atoms with van der Waals surface area (Å²) in [5.74, 6) is -0.982. The molecule has 1 aliphatic rings. The van der Waals surface area contributed by atoms with Crippen molar-refractivity contribution in [2.75, 3.05) is 13.1 Å². The topological polar surface area (TPSA) is 53.4 Å². The summed E-state index contributed by atoms with van der Waals surface area (Å²) in [4.78, 5) is 18.4. The summed E-state index contributed by atoms with van der Waals surface area (Å²) in [5, 5.41) is 9.52. The molecule has 3 aromatic rings. The summed E-state index contributed by atoms with van der Waals surface area (Å²) < 4.78 is 0. The molecule has 4 nitrogen and oxygen atoms in total. The number of aliphatic carboxylic acids is 1. The number of carbonyl (C=O) groups is 1. The Balaban J connectivity index is 1.62. The van der Waals surface area contributed by atoms with Crippen molar-refractivity contribution < 1.29 is 9.90 Å². The Morgan fingerprint density at radius 2 is 1.72 bits per heavy atom. The minimum absolute atomic E-state index is 0.122. The lowest BCUT2D eigenvalue weighted by Crippen LogP contribution is -2.41. The molecule has 0 radical (unpaired) electrons. The van der Waals surface area contributed by atoms with Gasteiger partial charge in [-0.05, 0) is 48.2 Å².